The number of hydrogen-bond acceptors (Lipinski definition) is 6. The van der Waals surface area contributed by atoms with Crippen LogP contribution in [0.2, 0.25) is 0 Å². The molecule has 152 valence electrons. The molecule has 2 aliphatic rings. The lowest BCUT2D eigenvalue weighted by Crippen LogP contribution is -2.13. The van der Waals surface area contributed by atoms with Gasteiger partial charge in [-0.3, -0.25) is 10.2 Å². The SMILES string of the molecule is O=S1(=O)NCc2c1ccc(Nc1cc([C@H]3CC[C@@H](Oc4cn[nH]c4)C3)[nH]n1)c2F. The largest absolute Gasteiger partial charge is 0.487 e. The molecule has 1 aliphatic heterocycles. The number of fused-ring (bicyclic) bond motifs is 1. The number of halogens is 1. The van der Waals surface area contributed by atoms with Crippen molar-refractivity contribution >= 4 is 21.5 Å². The predicted molar refractivity (Wildman–Crippen MR) is 102 cm³/mol. The zero-order valence-corrected chi connectivity index (χ0v) is 16.1. The molecule has 0 amide bonds. The molecule has 0 radical (unpaired) electrons. The predicted octanol–water partition coefficient (Wildman–Crippen LogP) is 2.52. The van der Waals surface area contributed by atoms with E-state index in [1.165, 1.54) is 12.1 Å². The Kier molecular flexibility index (Phi) is 4.28. The van der Waals surface area contributed by atoms with Crippen LogP contribution in [0.25, 0.3) is 0 Å². The Morgan fingerprint density at radius 3 is 3.00 bits per heavy atom. The zero-order valence-electron chi connectivity index (χ0n) is 15.3. The van der Waals surface area contributed by atoms with Gasteiger partial charge in [-0.2, -0.15) is 10.2 Å². The molecule has 0 unspecified atom stereocenters. The Labute approximate surface area is 166 Å². The van der Waals surface area contributed by atoms with E-state index in [1.807, 2.05) is 6.07 Å². The third-order valence-electron chi connectivity index (χ3n) is 5.39. The summed E-state index contributed by atoms with van der Waals surface area (Å²) in [4.78, 5) is -0.0158. The molecule has 1 aliphatic carbocycles. The topological polar surface area (TPSA) is 125 Å². The van der Waals surface area contributed by atoms with E-state index in [1.54, 1.807) is 12.4 Å². The van der Waals surface area contributed by atoms with Crippen molar-refractivity contribution in [2.75, 3.05) is 5.32 Å². The maximum Gasteiger partial charge on any atom is 0.241 e. The van der Waals surface area contributed by atoms with E-state index in [0.29, 0.717) is 5.82 Å². The third-order valence-corrected chi connectivity index (χ3v) is 6.88. The monoisotopic (exact) mass is 418 g/mol. The molecular formula is C18H19FN6O3S. The van der Waals surface area contributed by atoms with Crippen molar-refractivity contribution in [2.24, 2.45) is 0 Å². The van der Waals surface area contributed by atoms with Crippen molar-refractivity contribution in [3.8, 4) is 5.75 Å². The van der Waals surface area contributed by atoms with Gasteiger partial charge >= 0.3 is 0 Å². The summed E-state index contributed by atoms with van der Waals surface area (Å²) in [6.07, 6.45) is 6.22. The van der Waals surface area contributed by atoms with Gasteiger partial charge in [-0.25, -0.2) is 17.5 Å². The Bertz CT molecular complexity index is 1140. The van der Waals surface area contributed by atoms with Crippen LogP contribution in [0.5, 0.6) is 5.75 Å². The molecular weight excluding hydrogens is 399 g/mol. The summed E-state index contributed by atoms with van der Waals surface area (Å²) in [5, 5.41) is 16.8. The molecule has 9 nitrogen and oxygen atoms in total. The molecule has 1 fully saturated rings. The van der Waals surface area contributed by atoms with Crippen molar-refractivity contribution in [1.29, 1.82) is 0 Å². The number of rotatable bonds is 5. The van der Waals surface area contributed by atoms with E-state index in [4.69, 9.17) is 4.74 Å². The maximum atomic E-state index is 14.7. The minimum absolute atomic E-state index is 0.0158. The van der Waals surface area contributed by atoms with Gasteiger partial charge in [0.05, 0.1) is 29.1 Å². The normalized spacial score (nSPS) is 22.5. The van der Waals surface area contributed by atoms with Crippen molar-refractivity contribution in [2.45, 2.75) is 42.7 Å². The zero-order chi connectivity index (χ0) is 20.0. The molecule has 3 heterocycles. The molecule has 0 saturated heterocycles. The van der Waals surface area contributed by atoms with E-state index in [9.17, 15) is 12.8 Å². The van der Waals surface area contributed by atoms with Crippen LogP contribution in [-0.2, 0) is 16.6 Å². The van der Waals surface area contributed by atoms with Gasteiger partial charge in [-0.05, 0) is 31.4 Å². The third kappa shape index (κ3) is 3.36. The molecule has 2 atom stereocenters. The minimum Gasteiger partial charge on any atom is -0.487 e. The number of anilines is 2. The van der Waals surface area contributed by atoms with Gasteiger partial charge in [-0.1, -0.05) is 0 Å². The maximum absolute atomic E-state index is 14.7. The first-order valence-electron chi connectivity index (χ1n) is 9.28. The molecule has 0 bridgehead atoms. The van der Waals surface area contributed by atoms with Crippen LogP contribution in [0.1, 0.15) is 36.4 Å². The highest BCUT2D eigenvalue weighted by atomic mass is 32.2. The molecule has 11 heteroatoms. The molecule has 4 N–H and O–H groups in total. The fraction of sp³-hybridized carbons (Fsp3) is 0.333. The number of sulfonamides is 1. The van der Waals surface area contributed by atoms with Crippen LogP contribution >= 0.6 is 0 Å². The number of benzene rings is 1. The fourth-order valence-corrected chi connectivity index (χ4v) is 5.16. The van der Waals surface area contributed by atoms with Crippen molar-refractivity contribution in [3.05, 3.63) is 47.7 Å². The summed E-state index contributed by atoms with van der Waals surface area (Å²) >= 11 is 0. The number of aromatic amines is 2. The van der Waals surface area contributed by atoms with E-state index in [-0.39, 0.29) is 34.7 Å². The Hall–Kier alpha value is -2.92. The molecule has 29 heavy (non-hydrogen) atoms. The van der Waals surface area contributed by atoms with Crippen LogP contribution in [0, 0.1) is 5.82 Å². The van der Waals surface area contributed by atoms with Crippen LogP contribution in [-0.4, -0.2) is 34.9 Å². The second kappa shape index (κ2) is 6.85. The number of aromatic nitrogens is 4. The minimum atomic E-state index is -3.61. The average Bonchev–Trinajstić information content (AvgIpc) is 3.46. The van der Waals surface area contributed by atoms with Crippen LogP contribution in [0.15, 0.2) is 35.5 Å². The van der Waals surface area contributed by atoms with E-state index in [0.717, 1.165) is 30.7 Å². The summed E-state index contributed by atoms with van der Waals surface area (Å²) < 4.78 is 46.6. The Balaban J connectivity index is 1.28. The average molecular weight is 418 g/mol. The standard InChI is InChI=1S/C18H19FN6O3S/c19-18-13-9-22-29(26,27)16(13)4-3-14(18)23-17-6-15(24-25-17)10-1-2-11(5-10)28-12-7-20-21-8-12/h3-4,6-8,10-11,22H,1-2,5,9H2,(H,20,21)(H2,23,24,25)/t10-,11+/m0/s1. The number of nitrogens with one attached hydrogen (secondary N) is 4. The lowest BCUT2D eigenvalue weighted by Gasteiger charge is -2.11. The number of ether oxygens (including phenoxy) is 1. The highest BCUT2D eigenvalue weighted by Crippen LogP contribution is 2.37. The van der Waals surface area contributed by atoms with E-state index < -0.39 is 15.8 Å². The Morgan fingerprint density at radius 2 is 2.17 bits per heavy atom. The quantitative estimate of drug-likeness (QED) is 0.505. The molecule has 3 aromatic rings. The first-order chi connectivity index (χ1) is 14.0. The molecule has 5 rings (SSSR count). The number of hydrogen-bond donors (Lipinski definition) is 4. The van der Waals surface area contributed by atoms with Crippen molar-refractivity contribution in [3.63, 3.8) is 0 Å². The summed E-state index contributed by atoms with van der Waals surface area (Å²) in [6.45, 7) is -0.0506. The molecule has 2 aromatic heterocycles. The summed E-state index contributed by atoms with van der Waals surface area (Å²) in [5.74, 6) is 0.891. The Morgan fingerprint density at radius 1 is 1.28 bits per heavy atom. The fourth-order valence-electron chi connectivity index (χ4n) is 3.93. The molecule has 1 aromatic carbocycles. The van der Waals surface area contributed by atoms with E-state index in [2.05, 4.69) is 30.4 Å². The van der Waals surface area contributed by atoms with Crippen LogP contribution in [0.3, 0.4) is 0 Å². The van der Waals surface area contributed by atoms with Gasteiger partial charge < -0.3 is 10.1 Å². The van der Waals surface area contributed by atoms with Gasteiger partial charge in [0.15, 0.2) is 17.4 Å². The van der Waals surface area contributed by atoms with Crippen molar-refractivity contribution < 1.29 is 17.5 Å². The summed E-state index contributed by atoms with van der Waals surface area (Å²) in [5.41, 5.74) is 1.28. The first kappa shape index (κ1) is 18.1. The molecule has 0 spiro atoms. The number of nitrogens with zero attached hydrogens (tertiary/aromatic N) is 2. The molecule has 1 saturated carbocycles. The van der Waals surface area contributed by atoms with Gasteiger partial charge in [0, 0.05) is 29.8 Å². The van der Waals surface area contributed by atoms with Crippen LogP contribution < -0.4 is 14.8 Å². The van der Waals surface area contributed by atoms with Gasteiger partial charge in [-0.15, -0.1) is 0 Å². The van der Waals surface area contributed by atoms with Crippen LogP contribution in [0.4, 0.5) is 15.9 Å². The van der Waals surface area contributed by atoms with E-state index >= 15 is 0 Å². The second-order valence-corrected chi connectivity index (χ2v) is 8.98. The lowest BCUT2D eigenvalue weighted by atomic mass is 10.0. The smallest absolute Gasteiger partial charge is 0.241 e. The summed E-state index contributed by atoms with van der Waals surface area (Å²) in [6, 6.07) is 4.67. The number of H-pyrrole nitrogens is 2. The van der Waals surface area contributed by atoms with Gasteiger partial charge in [0.25, 0.3) is 0 Å². The highest BCUT2D eigenvalue weighted by molar-refractivity contribution is 7.89. The van der Waals surface area contributed by atoms with Gasteiger partial charge in [0.1, 0.15) is 0 Å². The second-order valence-electron chi connectivity index (χ2n) is 7.25. The van der Waals surface area contributed by atoms with Gasteiger partial charge in [0.2, 0.25) is 10.0 Å². The lowest BCUT2D eigenvalue weighted by molar-refractivity contribution is 0.208. The van der Waals surface area contributed by atoms with Crippen molar-refractivity contribution in [1.82, 2.24) is 25.1 Å². The highest BCUT2D eigenvalue weighted by Gasteiger charge is 2.31. The first-order valence-corrected chi connectivity index (χ1v) is 10.8. The summed E-state index contributed by atoms with van der Waals surface area (Å²) in [7, 11) is -3.61.